The number of hydrogen-bond acceptors (Lipinski definition) is 7. The molecule has 7 nitrogen and oxygen atoms in total. The van der Waals surface area contributed by atoms with Crippen LogP contribution in [0.5, 0.6) is 5.75 Å². The molecule has 0 bridgehead atoms. The van der Waals surface area contributed by atoms with Gasteiger partial charge in [0.1, 0.15) is 16.7 Å². The first kappa shape index (κ1) is 21.4. The molecule has 2 aromatic heterocycles. The normalized spacial score (nSPS) is 16.3. The van der Waals surface area contributed by atoms with Crippen molar-refractivity contribution >= 4 is 17.4 Å². The number of morpholine rings is 1. The van der Waals surface area contributed by atoms with Crippen LogP contribution < -0.4 is 4.74 Å². The molecule has 162 valence electrons. The molecule has 0 spiro atoms. The van der Waals surface area contributed by atoms with Crippen molar-refractivity contribution in [2.75, 3.05) is 26.3 Å². The number of amides is 1. The van der Waals surface area contributed by atoms with E-state index >= 15 is 0 Å². The summed E-state index contributed by atoms with van der Waals surface area (Å²) in [5.74, 6) is 0.849. The highest BCUT2D eigenvalue weighted by molar-refractivity contribution is 7.08. The summed E-state index contributed by atoms with van der Waals surface area (Å²) in [6.45, 7) is 6.12. The van der Waals surface area contributed by atoms with Crippen LogP contribution in [0.2, 0.25) is 0 Å². The molecule has 1 aromatic carbocycles. The first-order valence-electron chi connectivity index (χ1n) is 10.6. The molecule has 31 heavy (non-hydrogen) atoms. The second-order valence-corrected chi connectivity index (χ2v) is 8.07. The molecule has 0 unspecified atom stereocenters. The second kappa shape index (κ2) is 9.98. The number of benzene rings is 1. The van der Waals surface area contributed by atoms with Crippen molar-refractivity contribution in [3.63, 3.8) is 0 Å². The van der Waals surface area contributed by atoms with Gasteiger partial charge < -0.3 is 14.4 Å². The van der Waals surface area contributed by atoms with E-state index in [0.29, 0.717) is 37.6 Å². The summed E-state index contributed by atoms with van der Waals surface area (Å²) in [6, 6.07) is 14.1. The van der Waals surface area contributed by atoms with Gasteiger partial charge >= 0.3 is 0 Å². The van der Waals surface area contributed by atoms with Crippen molar-refractivity contribution in [1.82, 2.24) is 19.5 Å². The third kappa shape index (κ3) is 5.08. The minimum absolute atomic E-state index is 0.0225. The van der Waals surface area contributed by atoms with E-state index in [1.807, 2.05) is 49.1 Å². The molecular formula is C23H26N4O3S. The van der Waals surface area contributed by atoms with Gasteiger partial charge in [-0.05, 0) is 54.7 Å². The molecule has 8 heteroatoms. The monoisotopic (exact) mass is 438 g/mol. The second-order valence-electron chi connectivity index (χ2n) is 7.32. The standard InChI is InChI=1S/C23H26N4O3S/c1-3-19-22(31-26-25-19)23(28)27-12-13-30-21(15-27)20-7-5-6-17(24-20)14-16-8-10-18(11-9-16)29-4-2/h5-11,21H,3-4,12-15H2,1-2H3/t21-/m0/s1. The topological polar surface area (TPSA) is 77.4 Å². The van der Waals surface area contributed by atoms with E-state index < -0.39 is 0 Å². The maximum absolute atomic E-state index is 13.0. The lowest BCUT2D eigenvalue weighted by atomic mass is 10.1. The number of pyridine rings is 1. The number of carbonyl (C=O) groups excluding carboxylic acids is 1. The number of hydrogen-bond donors (Lipinski definition) is 0. The van der Waals surface area contributed by atoms with Gasteiger partial charge in [-0.3, -0.25) is 9.78 Å². The third-order valence-corrected chi connectivity index (χ3v) is 5.97. The van der Waals surface area contributed by atoms with Crippen molar-refractivity contribution in [3.05, 3.63) is 70.0 Å². The van der Waals surface area contributed by atoms with Gasteiger partial charge in [0.15, 0.2) is 0 Å². The maximum atomic E-state index is 13.0. The predicted molar refractivity (Wildman–Crippen MR) is 119 cm³/mol. The van der Waals surface area contributed by atoms with Gasteiger partial charge in [0.05, 0.1) is 31.1 Å². The SMILES string of the molecule is CCOc1ccc(Cc2cccc([C@@H]3CN(C(=O)c4snnc4CC)CCO3)n2)cc1. The van der Waals surface area contributed by atoms with Crippen molar-refractivity contribution < 1.29 is 14.3 Å². The number of aromatic nitrogens is 3. The van der Waals surface area contributed by atoms with Crippen LogP contribution in [-0.2, 0) is 17.6 Å². The Kier molecular flexibility index (Phi) is 6.89. The van der Waals surface area contributed by atoms with Gasteiger partial charge in [0.2, 0.25) is 0 Å². The average molecular weight is 439 g/mol. The van der Waals surface area contributed by atoms with Crippen LogP contribution in [0.15, 0.2) is 42.5 Å². The van der Waals surface area contributed by atoms with Crippen LogP contribution in [0.1, 0.15) is 52.3 Å². The number of carbonyl (C=O) groups is 1. The Morgan fingerprint density at radius 1 is 1.23 bits per heavy atom. The Balaban J connectivity index is 1.45. The molecule has 3 aromatic rings. The molecule has 3 heterocycles. The van der Waals surface area contributed by atoms with Gasteiger partial charge in [-0.1, -0.05) is 29.6 Å². The molecule has 1 atom stereocenters. The van der Waals surface area contributed by atoms with E-state index in [1.54, 1.807) is 0 Å². The first-order chi connectivity index (χ1) is 15.2. The van der Waals surface area contributed by atoms with Crippen LogP contribution in [0, 0.1) is 0 Å². The lowest BCUT2D eigenvalue weighted by molar-refractivity contribution is -0.0246. The molecule has 1 amide bonds. The third-order valence-electron chi connectivity index (χ3n) is 5.22. The Morgan fingerprint density at radius 2 is 2.06 bits per heavy atom. The molecule has 4 rings (SSSR count). The fourth-order valence-corrected chi connectivity index (χ4v) is 4.33. The minimum atomic E-state index is -0.246. The number of nitrogens with zero attached hydrogens (tertiary/aromatic N) is 4. The van der Waals surface area contributed by atoms with Crippen LogP contribution in [0.4, 0.5) is 0 Å². The van der Waals surface area contributed by atoms with Gasteiger partial charge in [0, 0.05) is 18.7 Å². The molecule has 0 radical (unpaired) electrons. The molecule has 1 fully saturated rings. The number of aryl methyl sites for hydroxylation is 1. The Hall–Kier alpha value is -2.84. The Morgan fingerprint density at radius 3 is 2.84 bits per heavy atom. The maximum Gasteiger partial charge on any atom is 0.267 e. The first-order valence-corrected chi connectivity index (χ1v) is 11.3. The Labute approximate surface area is 186 Å². The largest absolute Gasteiger partial charge is 0.494 e. The van der Waals surface area contributed by atoms with Gasteiger partial charge in [0.25, 0.3) is 5.91 Å². The van der Waals surface area contributed by atoms with Crippen LogP contribution >= 0.6 is 11.5 Å². The van der Waals surface area contributed by atoms with Crippen molar-refractivity contribution in [1.29, 1.82) is 0 Å². The summed E-state index contributed by atoms with van der Waals surface area (Å²) in [7, 11) is 0. The van der Waals surface area contributed by atoms with Gasteiger partial charge in [-0.15, -0.1) is 5.10 Å². The van der Waals surface area contributed by atoms with E-state index in [4.69, 9.17) is 14.5 Å². The highest BCUT2D eigenvalue weighted by atomic mass is 32.1. The molecule has 0 aliphatic carbocycles. The summed E-state index contributed by atoms with van der Waals surface area (Å²) in [6.07, 6.45) is 1.17. The molecule has 1 aliphatic heterocycles. The van der Waals surface area contributed by atoms with Gasteiger partial charge in [-0.25, -0.2) is 0 Å². The summed E-state index contributed by atoms with van der Waals surface area (Å²) < 4.78 is 15.4. The summed E-state index contributed by atoms with van der Waals surface area (Å²) in [5.41, 5.74) is 3.74. The zero-order valence-corrected chi connectivity index (χ0v) is 18.6. The van der Waals surface area contributed by atoms with Gasteiger partial charge in [-0.2, -0.15) is 0 Å². The van der Waals surface area contributed by atoms with Crippen LogP contribution in [0.3, 0.4) is 0 Å². The van der Waals surface area contributed by atoms with Crippen LogP contribution in [-0.4, -0.2) is 51.7 Å². The number of ether oxygens (including phenoxy) is 2. The quantitative estimate of drug-likeness (QED) is 0.560. The van der Waals surface area contributed by atoms with E-state index in [9.17, 15) is 4.79 Å². The highest BCUT2D eigenvalue weighted by Gasteiger charge is 2.29. The lowest BCUT2D eigenvalue weighted by Crippen LogP contribution is -2.42. The zero-order chi connectivity index (χ0) is 21.6. The molecule has 1 saturated heterocycles. The van der Waals surface area contributed by atoms with Crippen molar-refractivity contribution in [2.45, 2.75) is 32.8 Å². The van der Waals surface area contributed by atoms with E-state index in [0.717, 1.165) is 40.8 Å². The molecule has 1 aliphatic rings. The average Bonchev–Trinajstić information content (AvgIpc) is 3.29. The number of rotatable bonds is 7. The molecule has 0 saturated carbocycles. The highest BCUT2D eigenvalue weighted by Crippen LogP contribution is 2.24. The fourth-order valence-electron chi connectivity index (χ4n) is 3.61. The summed E-state index contributed by atoms with van der Waals surface area (Å²) in [4.78, 5) is 20.2. The van der Waals surface area contributed by atoms with E-state index in [-0.39, 0.29) is 12.0 Å². The zero-order valence-electron chi connectivity index (χ0n) is 17.8. The summed E-state index contributed by atoms with van der Waals surface area (Å²) >= 11 is 1.16. The summed E-state index contributed by atoms with van der Waals surface area (Å²) in [5, 5.41) is 4.06. The van der Waals surface area contributed by atoms with Crippen LogP contribution in [0.25, 0.3) is 0 Å². The van der Waals surface area contributed by atoms with Crippen molar-refractivity contribution in [2.24, 2.45) is 0 Å². The Bertz CT molecular complexity index is 1020. The molecular weight excluding hydrogens is 412 g/mol. The fraction of sp³-hybridized carbons (Fsp3) is 0.391. The van der Waals surface area contributed by atoms with E-state index in [1.165, 1.54) is 5.56 Å². The lowest BCUT2D eigenvalue weighted by Gasteiger charge is -2.32. The predicted octanol–water partition coefficient (Wildman–Crippen LogP) is 3.70. The van der Waals surface area contributed by atoms with E-state index in [2.05, 4.69) is 21.7 Å². The smallest absolute Gasteiger partial charge is 0.267 e. The molecule has 0 N–H and O–H groups in total. The van der Waals surface area contributed by atoms with Crippen molar-refractivity contribution in [3.8, 4) is 5.75 Å². The minimum Gasteiger partial charge on any atom is -0.494 e.